The Morgan fingerprint density at radius 2 is 0.426 bits per heavy atom. The molecule has 0 spiro atoms. The van der Waals surface area contributed by atoms with E-state index < -0.39 is 97.5 Å². The molecule has 5 atom stereocenters. The van der Waals surface area contributed by atoms with Gasteiger partial charge in [-0.2, -0.15) is 0 Å². The Bertz CT molecular complexity index is 1790. The molecule has 3 N–H and O–H groups in total. The lowest BCUT2D eigenvalue weighted by Gasteiger charge is -2.21. The van der Waals surface area contributed by atoms with E-state index >= 15 is 0 Å². The Morgan fingerprint density at radius 3 is 0.628 bits per heavy atom. The molecule has 0 saturated carbocycles. The van der Waals surface area contributed by atoms with E-state index in [0.717, 1.165) is 89.9 Å². The van der Waals surface area contributed by atoms with Crippen LogP contribution in [0.2, 0.25) is 0 Å². The van der Waals surface area contributed by atoms with Crippen LogP contribution in [0.25, 0.3) is 0 Å². The quantitative estimate of drug-likeness (QED) is 0.0222. The van der Waals surface area contributed by atoms with E-state index in [9.17, 15) is 43.2 Å². The highest BCUT2D eigenvalue weighted by atomic mass is 31.2. The number of carbonyl (C=O) groups is 4. The van der Waals surface area contributed by atoms with Gasteiger partial charge in [0.25, 0.3) is 0 Å². The molecule has 0 aromatic carbocycles. The van der Waals surface area contributed by atoms with Crippen LogP contribution in [0.1, 0.15) is 400 Å². The van der Waals surface area contributed by atoms with Gasteiger partial charge in [0.05, 0.1) is 26.4 Å². The number of aliphatic hydroxyl groups is 1. The van der Waals surface area contributed by atoms with Crippen molar-refractivity contribution in [2.75, 3.05) is 39.6 Å². The zero-order valence-electron chi connectivity index (χ0n) is 60.9. The van der Waals surface area contributed by atoms with E-state index in [-0.39, 0.29) is 25.7 Å². The summed E-state index contributed by atoms with van der Waals surface area (Å²) in [6.07, 6.45) is 59.5. The van der Waals surface area contributed by atoms with E-state index in [1.54, 1.807) is 0 Å². The van der Waals surface area contributed by atoms with E-state index in [1.807, 2.05) is 0 Å². The molecule has 17 nitrogen and oxygen atoms in total. The first kappa shape index (κ1) is 92.1. The molecule has 0 heterocycles. The molecule has 94 heavy (non-hydrogen) atoms. The summed E-state index contributed by atoms with van der Waals surface area (Å²) in [6, 6.07) is 0. The van der Waals surface area contributed by atoms with Gasteiger partial charge in [-0.05, 0) is 25.7 Å². The molecule has 0 aliphatic rings. The van der Waals surface area contributed by atoms with Crippen LogP contribution in [0, 0.1) is 0 Å². The number of phosphoric ester groups is 2. The molecule has 0 aromatic heterocycles. The van der Waals surface area contributed by atoms with Crippen molar-refractivity contribution >= 4 is 39.5 Å². The van der Waals surface area contributed by atoms with Gasteiger partial charge in [0.2, 0.25) is 0 Å². The molecular formula is C75H146O17P2. The predicted octanol–water partition coefficient (Wildman–Crippen LogP) is 22.2. The maximum absolute atomic E-state index is 13.1. The fourth-order valence-corrected chi connectivity index (χ4v) is 13.2. The van der Waals surface area contributed by atoms with Gasteiger partial charge in [0, 0.05) is 25.7 Å². The summed E-state index contributed by atoms with van der Waals surface area (Å²) in [5, 5.41) is 10.6. The zero-order chi connectivity index (χ0) is 69.0. The molecule has 0 saturated heterocycles. The molecule has 0 rings (SSSR count). The number of esters is 4. The summed E-state index contributed by atoms with van der Waals surface area (Å²) in [6.45, 7) is 4.98. The molecule has 0 bridgehead atoms. The molecule has 0 fully saturated rings. The van der Waals surface area contributed by atoms with Crippen molar-refractivity contribution in [2.45, 2.75) is 418 Å². The highest BCUT2D eigenvalue weighted by molar-refractivity contribution is 7.47. The second-order valence-corrected chi connectivity index (χ2v) is 29.9. The van der Waals surface area contributed by atoms with Crippen molar-refractivity contribution in [1.29, 1.82) is 0 Å². The maximum Gasteiger partial charge on any atom is 0.472 e. The molecule has 0 aromatic rings. The van der Waals surface area contributed by atoms with E-state index in [0.29, 0.717) is 25.7 Å². The summed E-state index contributed by atoms with van der Waals surface area (Å²) < 4.78 is 68.5. The van der Waals surface area contributed by atoms with Gasteiger partial charge in [-0.1, -0.05) is 349 Å². The van der Waals surface area contributed by atoms with Crippen molar-refractivity contribution in [1.82, 2.24) is 0 Å². The van der Waals surface area contributed by atoms with Gasteiger partial charge in [-0.25, -0.2) is 9.13 Å². The van der Waals surface area contributed by atoms with Crippen LogP contribution in [0.4, 0.5) is 0 Å². The smallest absolute Gasteiger partial charge is 0.462 e. The molecule has 2 unspecified atom stereocenters. The third-order valence-electron chi connectivity index (χ3n) is 17.6. The standard InChI is InChI=1S/C75H146O17P2/c1-5-9-13-17-21-25-29-32-33-34-35-36-39-42-46-50-54-58-62-75(80)92-71(66-86-73(78)60-56-52-48-44-40-37-30-26-22-18-14-10-6-2)68-90-94(83,84)88-64-69(76)63-87-93(81,82)89-67-70(65-85-72(77)59-55-51-47-43-28-24-20-16-12-8-4)91-74(79)61-57-53-49-45-41-38-31-27-23-19-15-11-7-3/h69-71,76H,5-68H2,1-4H3,(H,81,82)(H,83,84)/t69-,70+,71+/m0/s1. The number of ether oxygens (including phenoxy) is 4. The van der Waals surface area contributed by atoms with Gasteiger partial charge in [-0.3, -0.25) is 37.3 Å². The number of unbranched alkanes of at least 4 members (excludes halogenated alkanes) is 50. The lowest BCUT2D eigenvalue weighted by atomic mass is 10.0. The third kappa shape index (κ3) is 68.6. The molecule has 0 amide bonds. The summed E-state index contributed by atoms with van der Waals surface area (Å²) in [7, 11) is -9.91. The predicted molar refractivity (Wildman–Crippen MR) is 382 cm³/mol. The fourth-order valence-electron chi connectivity index (χ4n) is 11.6. The molecular weight excluding hydrogens is 1230 g/mol. The number of aliphatic hydroxyl groups excluding tert-OH is 1. The van der Waals surface area contributed by atoms with Crippen LogP contribution < -0.4 is 0 Å². The molecule has 558 valence electrons. The van der Waals surface area contributed by atoms with Crippen LogP contribution in [-0.2, 0) is 65.4 Å². The number of hydrogen-bond donors (Lipinski definition) is 3. The maximum atomic E-state index is 13.1. The second-order valence-electron chi connectivity index (χ2n) is 27.0. The Hall–Kier alpha value is -1.94. The highest BCUT2D eigenvalue weighted by Crippen LogP contribution is 2.45. The van der Waals surface area contributed by atoms with Crippen LogP contribution in [0.15, 0.2) is 0 Å². The minimum absolute atomic E-state index is 0.108. The fraction of sp³-hybridized carbons (Fsp3) is 0.947. The number of phosphoric acid groups is 2. The molecule has 0 radical (unpaired) electrons. The van der Waals surface area contributed by atoms with Gasteiger partial charge < -0.3 is 33.8 Å². The summed E-state index contributed by atoms with van der Waals surface area (Å²) in [5.74, 6) is -2.11. The van der Waals surface area contributed by atoms with Crippen molar-refractivity contribution in [3.05, 3.63) is 0 Å². The van der Waals surface area contributed by atoms with Gasteiger partial charge in [0.15, 0.2) is 12.2 Å². The summed E-state index contributed by atoms with van der Waals surface area (Å²) in [5.41, 5.74) is 0. The van der Waals surface area contributed by atoms with Gasteiger partial charge in [-0.15, -0.1) is 0 Å². The van der Waals surface area contributed by atoms with Crippen LogP contribution in [0.3, 0.4) is 0 Å². The van der Waals surface area contributed by atoms with Crippen LogP contribution in [-0.4, -0.2) is 96.7 Å². The minimum Gasteiger partial charge on any atom is -0.462 e. The van der Waals surface area contributed by atoms with E-state index in [4.69, 9.17) is 37.0 Å². The summed E-state index contributed by atoms with van der Waals surface area (Å²) >= 11 is 0. The lowest BCUT2D eigenvalue weighted by Crippen LogP contribution is -2.30. The highest BCUT2D eigenvalue weighted by Gasteiger charge is 2.30. The Morgan fingerprint density at radius 1 is 0.255 bits per heavy atom. The Balaban J connectivity index is 5.23. The van der Waals surface area contributed by atoms with Crippen molar-refractivity contribution in [3.63, 3.8) is 0 Å². The average Bonchev–Trinajstić information content (AvgIpc) is 1.74. The lowest BCUT2D eigenvalue weighted by molar-refractivity contribution is -0.161. The largest absolute Gasteiger partial charge is 0.472 e. The third-order valence-corrected chi connectivity index (χ3v) is 19.5. The first-order valence-corrected chi connectivity index (χ1v) is 42.3. The average molecular weight is 1380 g/mol. The SMILES string of the molecule is CCCCCCCCCCCCCCCCCCCCC(=O)O[C@H](COC(=O)CCCCCCCCCCCCCCC)COP(=O)(O)OC[C@@H](O)COP(=O)(O)OC[C@@H](COC(=O)CCCCCCCCCCCC)OC(=O)CCCCCCCCCCCCCCC. The van der Waals surface area contributed by atoms with Crippen molar-refractivity contribution in [3.8, 4) is 0 Å². The minimum atomic E-state index is -4.95. The Kier molecular flexibility index (Phi) is 68.1. The first-order chi connectivity index (χ1) is 45.7. The number of carbonyl (C=O) groups excluding carboxylic acids is 4. The van der Waals surface area contributed by atoms with Crippen LogP contribution >= 0.6 is 15.6 Å². The first-order valence-electron chi connectivity index (χ1n) is 39.3. The van der Waals surface area contributed by atoms with E-state index in [2.05, 4.69) is 27.7 Å². The topological polar surface area (TPSA) is 237 Å². The number of hydrogen-bond acceptors (Lipinski definition) is 15. The molecule has 19 heteroatoms. The van der Waals surface area contributed by atoms with E-state index in [1.165, 1.54) is 231 Å². The monoisotopic (exact) mass is 1380 g/mol. The second kappa shape index (κ2) is 69.5. The molecule has 0 aliphatic heterocycles. The number of rotatable bonds is 76. The zero-order valence-corrected chi connectivity index (χ0v) is 62.7. The normalized spacial score (nSPS) is 13.9. The van der Waals surface area contributed by atoms with Gasteiger partial charge >= 0.3 is 39.5 Å². The molecule has 0 aliphatic carbocycles. The van der Waals surface area contributed by atoms with Gasteiger partial charge in [0.1, 0.15) is 19.3 Å². The summed E-state index contributed by atoms with van der Waals surface area (Å²) in [4.78, 5) is 72.7. The Labute approximate surface area is 575 Å². The van der Waals surface area contributed by atoms with Crippen molar-refractivity contribution < 1.29 is 80.2 Å². The van der Waals surface area contributed by atoms with Crippen molar-refractivity contribution in [2.24, 2.45) is 0 Å². The van der Waals surface area contributed by atoms with Crippen LogP contribution in [0.5, 0.6) is 0 Å².